The summed E-state index contributed by atoms with van der Waals surface area (Å²) < 4.78 is 24.6. The number of hydrogen-bond acceptors (Lipinski definition) is 1. The molecule has 1 heterocycles. The van der Waals surface area contributed by atoms with E-state index in [-0.39, 0.29) is 6.42 Å². The van der Waals surface area contributed by atoms with Crippen molar-refractivity contribution in [1.82, 2.24) is 4.98 Å². The Kier molecular flexibility index (Phi) is 4.40. The summed E-state index contributed by atoms with van der Waals surface area (Å²) in [4.78, 5) is 4.26. The number of pyridine rings is 1. The van der Waals surface area contributed by atoms with Gasteiger partial charge in [0, 0.05) is 5.69 Å². The van der Waals surface area contributed by atoms with Crippen LogP contribution in [0.15, 0.2) is 18.7 Å². The van der Waals surface area contributed by atoms with Crippen molar-refractivity contribution < 1.29 is 8.78 Å². The molecule has 0 aliphatic heterocycles. The van der Waals surface area contributed by atoms with Gasteiger partial charge in [-0.05, 0) is 37.5 Å². The number of alkyl halides is 2. The normalized spacial score (nSPS) is 12.5. The van der Waals surface area contributed by atoms with E-state index >= 15 is 0 Å². The van der Waals surface area contributed by atoms with E-state index in [4.69, 9.17) is 0 Å². The maximum absolute atomic E-state index is 12.7. The van der Waals surface area contributed by atoms with Gasteiger partial charge in [-0.15, -0.1) is 0 Å². The molecule has 1 rings (SSSR count). The predicted octanol–water partition coefficient (Wildman–Crippen LogP) is 3.27. The van der Waals surface area contributed by atoms with Crippen LogP contribution in [-0.2, 0) is 6.42 Å². The van der Waals surface area contributed by atoms with E-state index in [2.05, 4.69) is 11.6 Å². The van der Waals surface area contributed by atoms with Gasteiger partial charge in [-0.1, -0.05) is 12.6 Å². The van der Waals surface area contributed by atoms with Crippen molar-refractivity contribution >= 4 is 6.08 Å². The Balaban J connectivity index is 2.65. The summed E-state index contributed by atoms with van der Waals surface area (Å²) in [6.45, 7) is 4.58. The van der Waals surface area contributed by atoms with E-state index in [1.165, 1.54) is 0 Å². The summed E-state index contributed by atoms with van der Waals surface area (Å²) in [7, 11) is 0. The average Bonchev–Trinajstić information content (AvgIpc) is 2.26. The SMILES string of the molecule is C=Cc1ccc(CCC(F)CF)c(C)n1. The molecule has 0 N–H and O–H groups in total. The highest BCUT2D eigenvalue weighted by molar-refractivity contribution is 5.42. The van der Waals surface area contributed by atoms with Gasteiger partial charge >= 0.3 is 0 Å². The van der Waals surface area contributed by atoms with Crippen LogP contribution >= 0.6 is 0 Å². The maximum Gasteiger partial charge on any atom is 0.129 e. The summed E-state index contributed by atoms with van der Waals surface area (Å²) in [5.74, 6) is 0. The number of aryl methyl sites for hydroxylation is 2. The van der Waals surface area contributed by atoms with Gasteiger partial charge in [-0.25, -0.2) is 8.78 Å². The van der Waals surface area contributed by atoms with Crippen molar-refractivity contribution in [2.24, 2.45) is 0 Å². The van der Waals surface area contributed by atoms with Crippen molar-refractivity contribution in [2.75, 3.05) is 6.67 Å². The second-order valence-corrected chi connectivity index (χ2v) is 3.48. The van der Waals surface area contributed by atoms with Gasteiger partial charge < -0.3 is 0 Å². The van der Waals surface area contributed by atoms with Gasteiger partial charge in [0.05, 0.1) is 5.69 Å². The van der Waals surface area contributed by atoms with E-state index in [0.717, 1.165) is 17.0 Å². The van der Waals surface area contributed by atoms with Crippen molar-refractivity contribution in [1.29, 1.82) is 0 Å². The van der Waals surface area contributed by atoms with Gasteiger partial charge in [0.1, 0.15) is 12.8 Å². The third kappa shape index (κ3) is 3.42. The quantitative estimate of drug-likeness (QED) is 0.728. The zero-order chi connectivity index (χ0) is 11.3. The minimum absolute atomic E-state index is 0.215. The lowest BCUT2D eigenvalue weighted by Gasteiger charge is -2.07. The molecular formula is C12H15F2N. The first-order chi connectivity index (χ1) is 7.17. The Morgan fingerprint density at radius 3 is 2.80 bits per heavy atom. The average molecular weight is 211 g/mol. The number of aromatic nitrogens is 1. The van der Waals surface area contributed by atoms with Crippen molar-refractivity contribution in [3.05, 3.63) is 35.7 Å². The van der Waals surface area contributed by atoms with E-state index in [1.54, 1.807) is 6.08 Å². The van der Waals surface area contributed by atoms with Crippen LogP contribution in [0.4, 0.5) is 8.78 Å². The first kappa shape index (κ1) is 11.8. The van der Waals surface area contributed by atoms with Gasteiger partial charge in [0.15, 0.2) is 0 Å². The summed E-state index contributed by atoms with van der Waals surface area (Å²) in [6.07, 6.45) is 1.05. The topological polar surface area (TPSA) is 12.9 Å². The van der Waals surface area contributed by atoms with Crippen LogP contribution < -0.4 is 0 Å². The summed E-state index contributed by atoms with van der Waals surface area (Å²) in [5, 5.41) is 0. The fourth-order valence-electron chi connectivity index (χ4n) is 1.38. The molecule has 1 nitrogen and oxygen atoms in total. The first-order valence-corrected chi connectivity index (χ1v) is 4.96. The lowest BCUT2D eigenvalue weighted by Crippen LogP contribution is -2.05. The van der Waals surface area contributed by atoms with E-state index in [1.807, 2.05) is 19.1 Å². The molecule has 82 valence electrons. The smallest absolute Gasteiger partial charge is 0.129 e. The van der Waals surface area contributed by atoms with Crippen LogP contribution in [-0.4, -0.2) is 17.8 Å². The lowest BCUT2D eigenvalue weighted by molar-refractivity contribution is 0.247. The van der Waals surface area contributed by atoms with Crippen LogP contribution in [0.25, 0.3) is 6.08 Å². The number of halogens is 2. The molecule has 1 aromatic heterocycles. The number of hydrogen-bond donors (Lipinski definition) is 0. The molecule has 0 aliphatic rings. The largest absolute Gasteiger partial charge is 0.254 e. The van der Waals surface area contributed by atoms with Gasteiger partial charge in [-0.3, -0.25) is 4.98 Å². The number of rotatable bonds is 5. The highest BCUT2D eigenvalue weighted by Gasteiger charge is 2.07. The molecule has 0 saturated carbocycles. The van der Waals surface area contributed by atoms with Crippen molar-refractivity contribution in [3.8, 4) is 0 Å². The zero-order valence-corrected chi connectivity index (χ0v) is 8.84. The zero-order valence-electron chi connectivity index (χ0n) is 8.84. The number of nitrogens with zero attached hydrogens (tertiary/aromatic N) is 1. The molecule has 15 heavy (non-hydrogen) atoms. The molecule has 0 aliphatic carbocycles. The minimum Gasteiger partial charge on any atom is -0.254 e. The van der Waals surface area contributed by atoms with Crippen LogP contribution in [0.1, 0.15) is 23.4 Å². The molecule has 1 aromatic rings. The van der Waals surface area contributed by atoms with Crippen LogP contribution in [0.3, 0.4) is 0 Å². The molecule has 1 unspecified atom stereocenters. The van der Waals surface area contributed by atoms with E-state index in [9.17, 15) is 8.78 Å². The molecule has 0 aromatic carbocycles. The Morgan fingerprint density at radius 2 is 2.27 bits per heavy atom. The van der Waals surface area contributed by atoms with Crippen LogP contribution in [0.2, 0.25) is 0 Å². The Morgan fingerprint density at radius 1 is 1.53 bits per heavy atom. The molecule has 0 spiro atoms. The van der Waals surface area contributed by atoms with Gasteiger partial charge in [-0.2, -0.15) is 0 Å². The lowest BCUT2D eigenvalue weighted by atomic mass is 10.1. The Hall–Kier alpha value is -1.25. The minimum atomic E-state index is -1.36. The standard InChI is InChI=1S/C12H15F2N/c1-3-12-7-5-10(9(2)15-12)4-6-11(14)8-13/h3,5,7,11H,1,4,6,8H2,2H3. The fraction of sp³-hybridized carbons (Fsp3) is 0.417. The van der Waals surface area contributed by atoms with E-state index in [0.29, 0.717) is 6.42 Å². The summed E-state index contributed by atoms with van der Waals surface area (Å²) >= 11 is 0. The van der Waals surface area contributed by atoms with Crippen molar-refractivity contribution in [3.63, 3.8) is 0 Å². The molecule has 0 bridgehead atoms. The molecular weight excluding hydrogens is 196 g/mol. The first-order valence-electron chi connectivity index (χ1n) is 4.96. The predicted molar refractivity (Wildman–Crippen MR) is 58.3 cm³/mol. The maximum atomic E-state index is 12.7. The third-order valence-electron chi connectivity index (χ3n) is 2.32. The third-order valence-corrected chi connectivity index (χ3v) is 2.32. The molecule has 0 saturated heterocycles. The van der Waals surface area contributed by atoms with Crippen LogP contribution in [0, 0.1) is 6.92 Å². The monoisotopic (exact) mass is 211 g/mol. The van der Waals surface area contributed by atoms with Gasteiger partial charge in [0.2, 0.25) is 0 Å². The molecule has 0 fully saturated rings. The Labute approximate surface area is 88.8 Å². The second kappa shape index (κ2) is 5.59. The molecule has 0 amide bonds. The van der Waals surface area contributed by atoms with Crippen LogP contribution in [0.5, 0.6) is 0 Å². The van der Waals surface area contributed by atoms with Gasteiger partial charge in [0.25, 0.3) is 0 Å². The highest BCUT2D eigenvalue weighted by atomic mass is 19.2. The molecule has 1 atom stereocenters. The fourth-order valence-corrected chi connectivity index (χ4v) is 1.38. The Bertz CT molecular complexity index is 336. The molecule has 0 radical (unpaired) electrons. The highest BCUT2D eigenvalue weighted by Crippen LogP contribution is 2.12. The summed E-state index contributed by atoms with van der Waals surface area (Å²) in [5.41, 5.74) is 2.63. The molecule has 3 heteroatoms. The second-order valence-electron chi connectivity index (χ2n) is 3.48. The van der Waals surface area contributed by atoms with Crippen molar-refractivity contribution in [2.45, 2.75) is 25.9 Å². The summed E-state index contributed by atoms with van der Waals surface area (Å²) in [6, 6.07) is 3.72. The van der Waals surface area contributed by atoms with E-state index < -0.39 is 12.8 Å².